The van der Waals surface area contributed by atoms with E-state index in [0.29, 0.717) is 24.7 Å². The molecule has 1 amide bonds. The van der Waals surface area contributed by atoms with Crippen LogP contribution < -0.4 is 5.32 Å². The van der Waals surface area contributed by atoms with Gasteiger partial charge in [0.15, 0.2) is 0 Å². The molecular weight excluding hydrogens is 246 g/mol. The van der Waals surface area contributed by atoms with Crippen LogP contribution in [-0.4, -0.2) is 34.7 Å². The van der Waals surface area contributed by atoms with E-state index in [0.717, 1.165) is 19.3 Å². The third-order valence-corrected chi connectivity index (χ3v) is 4.54. The van der Waals surface area contributed by atoms with Crippen molar-refractivity contribution in [1.29, 1.82) is 0 Å². The van der Waals surface area contributed by atoms with Gasteiger partial charge >= 0.3 is 5.97 Å². The molecular formula is C14H23NO4. The lowest BCUT2D eigenvalue weighted by Crippen LogP contribution is -2.39. The van der Waals surface area contributed by atoms with Crippen molar-refractivity contribution >= 4 is 11.9 Å². The maximum absolute atomic E-state index is 12.1. The number of aliphatic hydroxyl groups excluding tert-OH is 1. The first-order chi connectivity index (χ1) is 9.02. The number of carbonyl (C=O) groups excluding carboxylic acids is 1. The molecule has 4 atom stereocenters. The van der Waals surface area contributed by atoms with Crippen molar-refractivity contribution in [2.75, 3.05) is 6.54 Å². The van der Waals surface area contributed by atoms with E-state index in [1.54, 1.807) is 0 Å². The fourth-order valence-electron chi connectivity index (χ4n) is 3.02. The van der Waals surface area contributed by atoms with E-state index in [1.165, 1.54) is 0 Å². The van der Waals surface area contributed by atoms with Gasteiger partial charge in [0.1, 0.15) is 0 Å². The molecule has 2 aliphatic carbocycles. The molecule has 5 nitrogen and oxygen atoms in total. The molecule has 108 valence electrons. The Morgan fingerprint density at radius 1 is 1.26 bits per heavy atom. The molecule has 0 bridgehead atoms. The summed E-state index contributed by atoms with van der Waals surface area (Å²) >= 11 is 0. The minimum Gasteiger partial charge on any atom is -0.481 e. The fourth-order valence-corrected chi connectivity index (χ4v) is 3.02. The van der Waals surface area contributed by atoms with Crippen molar-refractivity contribution in [3.63, 3.8) is 0 Å². The third-order valence-electron chi connectivity index (χ3n) is 4.54. The summed E-state index contributed by atoms with van der Waals surface area (Å²) < 4.78 is 0. The molecule has 0 radical (unpaired) electrons. The zero-order chi connectivity index (χ0) is 14.0. The second-order valence-corrected chi connectivity index (χ2v) is 5.95. The van der Waals surface area contributed by atoms with Crippen LogP contribution in [0.25, 0.3) is 0 Å². The molecule has 3 N–H and O–H groups in total. The Kier molecular flexibility index (Phi) is 4.45. The Morgan fingerprint density at radius 2 is 1.89 bits per heavy atom. The summed E-state index contributed by atoms with van der Waals surface area (Å²) in [5.41, 5.74) is 0. The summed E-state index contributed by atoms with van der Waals surface area (Å²) in [6.45, 7) is 2.28. The number of nitrogens with one attached hydrogen (secondary N) is 1. The summed E-state index contributed by atoms with van der Waals surface area (Å²) in [6.07, 6.45) is 3.73. The molecule has 4 unspecified atom stereocenters. The van der Waals surface area contributed by atoms with Crippen LogP contribution in [0.1, 0.15) is 39.0 Å². The Bertz CT molecular complexity index is 353. The molecule has 2 saturated carbocycles. The topological polar surface area (TPSA) is 86.6 Å². The Hall–Kier alpha value is -1.10. The van der Waals surface area contributed by atoms with Gasteiger partial charge in [-0.3, -0.25) is 9.59 Å². The summed E-state index contributed by atoms with van der Waals surface area (Å²) in [5, 5.41) is 21.6. The van der Waals surface area contributed by atoms with Crippen LogP contribution in [0.3, 0.4) is 0 Å². The molecule has 5 heteroatoms. The van der Waals surface area contributed by atoms with Crippen LogP contribution in [-0.2, 0) is 9.59 Å². The van der Waals surface area contributed by atoms with Gasteiger partial charge in [-0.1, -0.05) is 13.3 Å². The summed E-state index contributed by atoms with van der Waals surface area (Å²) in [5.74, 6) is -1.44. The molecule has 2 aliphatic rings. The van der Waals surface area contributed by atoms with Crippen molar-refractivity contribution in [3.05, 3.63) is 0 Å². The number of hydrogen-bond acceptors (Lipinski definition) is 3. The molecule has 0 aliphatic heterocycles. The number of carboxylic acid groups (broad SMARTS) is 1. The molecule has 0 saturated heterocycles. The Morgan fingerprint density at radius 3 is 2.42 bits per heavy atom. The van der Waals surface area contributed by atoms with Gasteiger partial charge in [-0.2, -0.15) is 0 Å². The second kappa shape index (κ2) is 5.90. The lowest BCUT2D eigenvalue weighted by Gasteiger charge is -2.17. The van der Waals surface area contributed by atoms with Crippen LogP contribution in [0.5, 0.6) is 0 Å². The zero-order valence-corrected chi connectivity index (χ0v) is 11.3. The van der Waals surface area contributed by atoms with Crippen molar-refractivity contribution in [2.45, 2.75) is 45.1 Å². The zero-order valence-electron chi connectivity index (χ0n) is 11.3. The number of aliphatic hydroxyl groups is 1. The lowest BCUT2D eigenvalue weighted by molar-refractivity contribution is -0.146. The lowest BCUT2D eigenvalue weighted by atomic mass is 9.95. The standard InChI is InChI=1S/C14H23NO4/c1-2-8-5-10(11(6-8)14(18)19)13(17)15-7-12(16)9-3-4-9/h8-12,16H,2-7H2,1H3,(H,15,17)(H,18,19). The van der Waals surface area contributed by atoms with Crippen molar-refractivity contribution < 1.29 is 19.8 Å². The quantitative estimate of drug-likeness (QED) is 0.671. The highest BCUT2D eigenvalue weighted by Crippen LogP contribution is 2.38. The predicted octanol–water partition coefficient (Wildman–Crippen LogP) is 1.01. The highest BCUT2D eigenvalue weighted by atomic mass is 16.4. The minimum absolute atomic E-state index is 0.206. The molecule has 2 rings (SSSR count). The van der Waals surface area contributed by atoms with Crippen molar-refractivity contribution in [3.8, 4) is 0 Å². The summed E-state index contributed by atoms with van der Waals surface area (Å²) in [4.78, 5) is 23.3. The van der Waals surface area contributed by atoms with Crippen LogP contribution in [0.15, 0.2) is 0 Å². The number of hydrogen-bond donors (Lipinski definition) is 3. The first-order valence-corrected chi connectivity index (χ1v) is 7.21. The number of carboxylic acids is 1. The molecule has 0 spiro atoms. The normalized spacial score (nSPS) is 32.0. The van der Waals surface area contributed by atoms with E-state index in [-0.39, 0.29) is 12.5 Å². The van der Waals surface area contributed by atoms with Gasteiger partial charge in [-0.05, 0) is 37.5 Å². The van der Waals surface area contributed by atoms with Crippen molar-refractivity contribution in [2.24, 2.45) is 23.7 Å². The number of carbonyl (C=O) groups is 2. The third kappa shape index (κ3) is 3.47. The summed E-state index contributed by atoms with van der Waals surface area (Å²) in [6, 6.07) is 0. The van der Waals surface area contributed by atoms with E-state index >= 15 is 0 Å². The number of rotatable bonds is 6. The van der Waals surface area contributed by atoms with Crippen LogP contribution in [0, 0.1) is 23.7 Å². The van der Waals surface area contributed by atoms with Gasteiger partial charge in [0.2, 0.25) is 5.91 Å². The second-order valence-electron chi connectivity index (χ2n) is 5.95. The molecule has 0 aromatic rings. The molecule has 0 heterocycles. The maximum Gasteiger partial charge on any atom is 0.307 e. The Balaban J connectivity index is 1.86. The highest BCUT2D eigenvalue weighted by Gasteiger charge is 2.42. The monoisotopic (exact) mass is 269 g/mol. The molecule has 2 fully saturated rings. The van der Waals surface area contributed by atoms with Gasteiger partial charge < -0.3 is 15.5 Å². The van der Waals surface area contributed by atoms with E-state index in [9.17, 15) is 19.8 Å². The van der Waals surface area contributed by atoms with E-state index in [2.05, 4.69) is 5.32 Å². The Labute approximate surface area is 113 Å². The molecule has 0 aromatic heterocycles. The first kappa shape index (κ1) is 14.3. The SMILES string of the molecule is CCC1CC(C(=O)O)C(C(=O)NCC(O)C2CC2)C1. The van der Waals surface area contributed by atoms with Gasteiger partial charge in [-0.15, -0.1) is 0 Å². The fraction of sp³-hybridized carbons (Fsp3) is 0.857. The minimum atomic E-state index is -0.876. The number of amides is 1. The summed E-state index contributed by atoms with van der Waals surface area (Å²) in [7, 11) is 0. The van der Waals surface area contributed by atoms with E-state index < -0.39 is 23.9 Å². The van der Waals surface area contributed by atoms with Gasteiger partial charge in [-0.25, -0.2) is 0 Å². The first-order valence-electron chi connectivity index (χ1n) is 7.21. The van der Waals surface area contributed by atoms with Crippen LogP contribution in [0.2, 0.25) is 0 Å². The molecule has 19 heavy (non-hydrogen) atoms. The van der Waals surface area contributed by atoms with E-state index in [1.807, 2.05) is 6.92 Å². The smallest absolute Gasteiger partial charge is 0.307 e. The van der Waals surface area contributed by atoms with Crippen LogP contribution in [0.4, 0.5) is 0 Å². The van der Waals surface area contributed by atoms with Crippen molar-refractivity contribution in [1.82, 2.24) is 5.32 Å². The van der Waals surface area contributed by atoms with Crippen LogP contribution >= 0.6 is 0 Å². The van der Waals surface area contributed by atoms with Gasteiger partial charge in [0, 0.05) is 6.54 Å². The number of aliphatic carboxylic acids is 1. The van der Waals surface area contributed by atoms with Gasteiger partial charge in [0.05, 0.1) is 17.9 Å². The average Bonchev–Trinajstić information content (AvgIpc) is 3.13. The highest BCUT2D eigenvalue weighted by molar-refractivity contribution is 5.85. The van der Waals surface area contributed by atoms with Gasteiger partial charge in [0.25, 0.3) is 0 Å². The predicted molar refractivity (Wildman–Crippen MR) is 69.4 cm³/mol. The van der Waals surface area contributed by atoms with E-state index in [4.69, 9.17) is 0 Å². The molecule has 0 aromatic carbocycles. The maximum atomic E-state index is 12.1. The largest absolute Gasteiger partial charge is 0.481 e. The average molecular weight is 269 g/mol.